The Labute approximate surface area is 120 Å². The van der Waals surface area contributed by atoms with Crippen LogP contribution in [0, 0.1) is 12.8 Å². The Morgan fingerprint density at radius 1 is 1.37 bits per heavy atom. The first-order valence-corrected chi connectivity index (χ1v) is 7.18. The second-order valence-electron chi connectivity index (χ2n) is 4.45. The Hall–Kier alpha value is -1.39. The summed E-state index contributed by atoms with van der Waals surface area (Å²) in [7, 11) is 0. The van der Waals surface area contributed by atoms with Gasteiger partial charge in [-0.2, -0.15) is 0 Å². The third-order valence-electron chi connectivity index (χ3n) is 2.83. The number of carboxylic acids is 1. The molecule has 0 radical (unpaired) electrons. The zero-order valence-electron chi connectivity index (χ0n) is 10.5. The highest BCUT2D eigenvalue weighted by atomic mass is 35.5. The fraction of sp³-hybridized carbons (Fsp3) is 0.286. The van der Waals surface area contributed by atoms with E-state index in [1.54, 1.807) is 12.1 Å². The van der Waals surface area contributed by atoms with E-state index in [4.69, 9.17) is 11.6 Å². The van der Waals surface area contributed by atoms with Gasteiger partial charge in [0.25, 0.3) is 0 Å². The summed E-state index contributed by atoms with van der Waals surface area (Å²) in [4.78, 5) is 15.7. The van der Waals surface area contributed by atoms with Crippen LogP contribution in [-0.4, -0.2) is 16.1 Å². The molecule has 0 amide bonds. The second kappa shape index (κ2) is 6.17. The molecule has 0 spiro atoms. The summed E-state index contributed by atoms with van der Waals surface area (Å²) in [5, 5.41) is 12.8. The van der Waals surface area contributed by atoms with Crippen molar-refractivity contribution in [3.63, 3.8) is 0 Å². The molecule has 0 aliphatic carbocycles. The van der Waals surface area contributed by atoms with Crippen LogP contribution in [-0.2, 0) is 17.6 Å². The number of aryl methyl sites for hydroxylation is 1. The van der Waals surface area contributed by atoms with Crippen molar-refractivity contribution < 1.29 is 9.90 Å². The van der Waals surface area contributed by atoms with Gasteiger partial charge in [0.15, 0.2) is 0 Å². The number of halogens is 1. The SMILES string of the molecule is Cc1csc(CC(Cc2ccc(Cl)cc2)C(=O)O)n1. The minimum atomic E-state index is -0.789. The predicted molar refractivity (Wildman–Crippen MR) is 76.8 cm³/mol. The van der Waals surface area contributed by atoms with Crippen molar-refractivity contribution in [3.05, 3.63) is 50.9 Å². The van der Waals surface area contributed by atoms with Crippen LogP contribution in [0.4, 0.5) is 0 Å². The number of carbonyl (C=O) groups is 1. The fourth-order valence-electron chi connectivity index (χ4n) is 1.86. The van der Waals surface area contributed by atoms with Gasteiger partial charge < -0.3 is 5.11 Å². The Morgan fingerprint density at radius 3 is 2.58 bits per heavy atom. The summed E-state index contributed by atoms with van der Waals surface area (Å²) in [6.07, 6.45) is 0.960. The first-order valence-electron chi connectivity index (χ1n) is 5.93. The maximum atomic E-state index is 11.3. The van der Waals surface area contributed by atoms with Crippen molar-refractivity contribution in [1.82, 2.24) is 4.98 Å². The molecule has 0 aliphatic rings. The monoisotopic (exact) mass is 295 g/mol. The zero-order chi connectivity index (χ0) is 13.8. The van der Waals surface area contributed by atoms with Gasteiger partial charge >= 0.3 is 5.97 Å². The number of benzene rings is 1. The molecule has 0 bridgehead atoms. The van der Waals surface area contributed by atoms with Gasteiger partial charge in [0, 0.05) is 22.5 Å². The Kier molecular flexibility index (Phi) is 4.56. The molecule has 1 aromatic heterocycles. The lowest BCUT2D eigenvalue weighted by Crippen LogP contribution is -2.19. The molecule has 2 rings (SSSR count). The Morgan fingerprint density at radius 2 is 2.05 bits per heavy atom. The number of aliphatic carboxylic acids is 1. The average molecular weight is 296 g/mol. The molecule has 1 unspecified atom stereocenters. The second-order valence-corrected chi connectivity index (χ2v) is 5.83. The van der Waals surface area contributed by atoms with Crippen LogP contribution < -0.4 is 0 Å². The highest BCUT2D eigenvalue weighted by Gasteiger charge is 2.20. The van der Waals surface area contributed by atoms with E-state index in [1.165, 1.54) is 11.3 Å². The number of aromatic nitrogens is 1. The van der Waals surface area contributed by atoms with Crippen molar-refractivity contribution in [1.29, 1.82) is 0 Å². The molecule has 100 valence electrons. The molecule has 5 heteroatoms. The first-order chi connectivity index (χ1) is 9.04. The molecule has 1 N–H and O–H groups in total. The van der Waals surface area contributed by atoms with Crippen LogP contribution in [0.25, 0.3) is 0 Å². The highest BCUT2D eigenvalue weighted by Crippen LogP contribution is 2.19. The smallest absolute Gasteiger partial charge is 0.307 e. The first kappa shape index (κ1) is 14.0. The van der Waals surface area contributed by atoms with Gasteiger partial charge in [-0.3, -0.25) is 4.79 Å². The van der Waals surface area contributed by atoms with Crippen LogP contribution >= 0.6 is 22.9 Å². The summed E-state index contributed by atoms with van der Waals surface area (Å²) >= 11 is 7.33. The maximum Gasteiger partial charge on any atom is 0.307 e. The number of hydrogen-bond acceptors (Lipinski definition) is 3. The third kappa shape index (κ3) is 4.04. The molecule has 1 heterocycles. The summed E-state index contributed by atoms with van der Waals surface area (Å²) < 4.78 is 0. The van der Waals surface area contributed by atoms with Gasteiger partial charge in [0.2, 0.25) is 0 Å². The lowest BCUT2D eigenvalue weighted by molar-refractivity contribution is -0.141. The topological polar surface area (TPSA) is 50.2 Å². The largest absolute Gasteiger partial charge is 0.481 e. The van der Waals surface area contributed by atoms with E-state index in [2.05, 4.69) is 4.98 Å². The van der Waals surface area contributed by atoms with Gasteiger partial charge in [-0.05, 0) is 31.0 Å². The zero-order valence-corrected chi connectivity index (χ0v) is 12.0. The number of carboxylic acid groups (broad SMARTS) is 1. The van der Waals surface area contributed by atoms with E-state index in [0.29, 0.717) is 17.9 Å². The van der Waals surface area contributed by atoms with Crippen molar-refractivity contribution in [2.24, 2.45) is 5.92 Å². The van der Waals surface area contributed by atoms with Crippen LogP contribution in [0.3, 0.4) is 0 Å². The van der Waals surface area contributed by atoms with E-state index >= 15 is 0 Å². The van der Waals surface area contributed by atoms with E-state index in [1.807, 2.05) is 24.4 Å². The van der Waals surface area contributed by atoms with E-state index < -0.39 is 11.9 Å². The van der Waals surface area contributed by atoms with Gasteiger partial charge in [0.05, 0.1) is 10.9 Å². The predicted octanol–water partition coefficient (Wildman–Crippen LogP) is 3.59. The van der Waals surface area contributed by atoms with Gasteiger partial charge in [0.1, 0.15) is 0 Å². The standard InChI is InChI=1S/C14H14ClNO2S/c1-9-8-19-13(16-9)7-11(14(17)18)6-10-2-4-12(15)5-3-10/h2-5,8,11H,6-7H2,1H3,(H,17,18). The molecular weight excluding hydrogens is 282 g/mol. The lowest BCUT2D eigenvalue weighted by Gasteiger charge is -2.10. The quantitative estimate of drug-likeness (QED) is 0.917. The average Bonchev–Trinajstić information content (AvgIpc) is 2.76. The van der Waals surface area contributed by atoms with E-state index in [0.717, 1.165) is 16.3 Å². The molecule has 0 saturated carbocycles. The molecule has 1 aromatic carbocycles. The molecular formula is C14H14ClNO2S. The van der Waals surface area contributed by atoms with Crippen LogP contribution in [0.15, 0.2) is 29.6 Å². The summed E-state index contributed by atoms with van der Waals surface area (Å²) in [5.74, 6) is -1.24. The van der Waals surface area contributed by atoms with Crippen molar-refractivity contribution in [2.45, 2.75) is 19.8 Å². The van der Waals surface area contributed by atoms with Crippen LogP contribution in [0.2, 0.25) is 5.02 Å². The number of hydrogen-bond donors (Lipinski definition) is 1. The number of thiazole rings is 1. The van der Waals surface area contributed by atoms with E-state index in [-0.39, 0.29) is 0 Å². The maximum absolute atomic E-state index is 11.3. The molecule has 2 aromatic rings. The minimum Gasteiger partial charge on any atom is -0.481 e. The third-order valence-corrected chi connectivity index (χ3v) is 4.07. The molecule has 19 heavy (non-hydrogen) atoms. The molecule has 0 fully saturated rings. The molecule has 0 aliphatic heterocycles. The van der Waals surface area contributed by atoms with Crippen molar-refractivity contribution in [2.75, 3.05) is 0 Å². The molecule has 0 saturated heterocycles. The highest BCUT2D eigenvalue weighted by molar-refractivity contribution is 7.09. The number of nitrogens with zero attached hydrogens (tertiary/aromatic N) is 1. The van der Waals surface area contributed by atoms with Crippen LogP contribution in [0.5, 0.6) is 0 Å². The normalized spacial score (nSPS) is 12.3. The summed E-state index contributed by atoms with van der Waals surface area (Å²) in [5.41, 5.74) is 1.92. The summed E-state index contributed by atoms with van der Waals surface area (Å²) in [6, 6.07) is 7.30. The van der Waals surface area contributed by atoms with Crippen LogP contribution in [0.1, 0.15) is 16.3 Å². The summed E-state index contributed by atoms with van der Waals surface area (Å²) in [6.45, 7) is 1.91. The Bertz CT molecular complexity index is 565. The van der Waals surface area contributed by atoms with Gasteiger partial charge in [-0.15, -0.1) is 11.3 Å². The van der Waals surface area contributed by atoms with Gasteiger partial charge in [-0.1, -0.05) is 23.7 Å². The van der Waals surface area contributed by atoms with Gasteiger partial charge in [-0.25, -0.2) is 4.98 Å². The lowest BCUT2D eigenvalue weighted by atomic mass is 9.96. The minimum absolute atomic E-state index is 0.452. The molecule has 1 atom stereocenters. The van der Waals surface area contributed by atoms with Crippen molar-refractivity contribution >= 4 is 28.9 Å². The van der Waals surface area contributed by atoms with Crippen molar-refractivity contribution in [3.8, 4) is 0 Å². The number of rotatable bonds is 5. The fourth-order valence-corrected chi connectivity index (χ4v) is 2.84. The van der Waals surface area contributed by atoms with E-state index in [9.17, 15) is 9.90 Å². The molecule has 3 nitrogen and oxygen atoms in total. The Balaban J connectivity index is 2.08.